The first-order valence-corrected chi connectivity index (χ1v) is 9.69. The summed E-state index contributed by atoms with van der Waals surface area (Å²) in [6.07, 6.45) is 2.57. The highest BCUT2D eigenvalue weighted by molar-refractivity contribution is 6.05. The summed E-state index contributed by atoms with van der Waals surface area (Å²) >= 11 is 0. The lowest BCUT2D eigenvalue weighted by atomic mass is 10.1. The summed E-state index contributed by atoms with van der Waals surface area (Å²) in [5.41, 5.74) is 3.28. The first-order chi connectivity index (χ1) is 13.1. The predicted molar refractivity (Wildman–Crippen MR) is 111 cm³/mol. The van der Waals surface area contributed by atoms with Crippen LogP contribution in [0.5, 0.6) is 0 Å². The molecule has 27 heavy (non-hydrogen) atoms. The van der Waals surface area contributed by atoms with Gasteiger partial charge in [0.1, 0.15) is 0 Å². The zero-order valence-electron chi connectivity index (χ0n) is 16.1. The van der Waals surface area contributed by atoms with Crippen LogP contribution in [-0.4, -0.2) is 31.4 Å². The number of carbonyl (C=O) groups is 2. The third kappa shape index (κ3) is 4.48. The number of hydrogen-bond donors (Lipinski definition) is 1. The lowest BCUT2D eigenvalue weighted by Crippen LogP contribution is -2.24. The van der Waals surface area contributed by atoms with Crippen LogP contribution in [0.4, 0.5) is 17.1 Å². The predicted octanol–water partition coefficient (Wildman–Crippen LogP) is 4.30. The molecule has 2 aromatic rings. The summed E-state index contributed by atoms with van der Waals surface area (Å²) in [4.78, 5) is 28.6. The van der Waals surface area contributed by atoms with Gasteiger partial charge in [0.15, 0.2) is 0 Å². The van der Waals surface area contributed by atoms with E-state index in [1.165, 1.54) is 0 Å². The number of carbonyl (C=O) groups excluding carboxylic acids is 2. The molecule has 0 atom stereocenters. The maximum absolute atomic E-state index is 12.6. The molecule has 2 amide bonds. The molecule has 0 saturated carbocycles. The lowest BCUT2D eigenvalue weighted by Gasteiger charge is -2.22. The fraction of sp³-hybridized carbons (Fsp3) is 0.364. The van der Waals surface area contributed by atoms with Crippen LogP contribution in [0.15, 0.2) is 48.5 Å². The summed E-state index contributed by atoms with van der Waals surface area (Å²) in [6.45, 7) is 6.98. The van der Waals surface area contributed by atoms with Crippen molar-refractivity contribution in [2.24, 2.45) is 0 Å². The van der Waals surface area contributed by atoms with Crippen LogP contribution in [0.3, 0.4) is 0 Å². The zero-order valence-corrected chi connectivity index (χ0v) is 16.1. The van der Waals surface area contributed by atoms with Crippen molar-refractivity contribution in [3.05, 3.63) is 54.1 Å². The Hall–Kier alpha value is -2.82. The molecule has 0 spiro atoms. The maximum atomic E-state index is 12.6. The molecule has 1 aliphatic rings. The highest BCUT2D eigenvalue weighted by Gasteiger charge is 2.21. The fourth-order valence-corrected chi connectivity index (χ4v) is 3.44. The normalized spacial score (nSPS) is 13.7. The van der Waals surface area contributed by atoms with Crippen LogP contribution in [0.1, 0.15) is 43.5 Å². The Bertz CT molecular complexity index is 801. The highest BCUT2D eigenvalue weighted by Crippen LogP contribution is 2.24. The molecule has 1 aliphatic heterocycles. The molecule has 142 valence electrons. The summed E-state index contributed by atoms with van der Waals surface area (Å²) in [6, 6.07) is 15.2. The van der Waals surface area contributed by atoms with E-state index >= 15 is 0 Å². The number of rotatable bonds is 7. The van der Waals surface area contributed by atoms with Gasteiger partial charge in [-0.05, 0) is 62.2 Å². The van der Waals surface area contributed by atoms with Crippen LogP contribution in [-0.2, 0) is 4.79 Å². The third-order valence-electron chi connectivity index (χ3n) is 4.86. The van der Waals surface area contributed by atoms with E-state index in [-0.39, 0.29) is 11.8 Å². The molecular formula is C22H27N3O2. The van der Waals surface area contributed by atoms with Crippen molar-refractivity contribution < 1.29 is 9.59 Å². The van der Waals surface area contributed by atoms with Gasteiger partial charge in [-0.15, -0.1) is 0 Å². The Labute approximate surface area is 161 Å². The first-order valence-electron chi connectivity index (χ1n) is 9.69. The fourth-order valence-electron chi connectivity index (χ4n) is 3.44. The molecule has 0 unspecified atom stereocenters. The molecule has 1 N–H and O–H groups in total. The topological polar surface area (TPSA) is 52.7 Å². The minimum Gasteiger partial charge on any atom is -0.372 e. The van der Waals surface area contributed by atoms with Crippen LogP contribution in [0.2, 0.25) is 0 Å². The van der Waals surface area contributed by atoms with Gasteiger partial charge in [0.05, 0.1) is 0 Å². The standard InChI is InChI=1S/C22H27N3O2/c1-3-14-24(4-2)19-12-10-17(11-13-19)22(27)23-18-7-5-8-20(16-18)25-15-6-9-21(25)26/h5,7-8,10-13,16H,3-4,6,9,14-15H2,1-2H3,(H,23,27). The van der Waals surface area contributed by atoms with E-state index in [2.05, 4.69) is 24.1 Å². The Morgan fingerprint density at radius 3 is 2.56 bits per heavy atom. The van der Waals surface area contributed by atoms with Gasteiger partial charge in [0, 0.05) is 48.7 Å². The summed E-state index contributed by atoms with van der Waals surface area (Å²) in [5, 5.41) is 2.93. The molecule has 0 bridgehead atoms. The quantitative estimate of drug-likeness (QED) is 0.796. The van der Waals surface area contributed by atoms with Crippen molar-refractivity contribution in [2.45, 2.75) is 33.1 Å². The molecule has 1 saturated heterocycles. The molecule has 5 nitrogen and oxygen atoms in total. The number of nitrogens with zero attached hydrogens (tertiary/aromatic N) is 2. The van der Waals surface area contributed by atoms with Crippen molar-refractivity contribution in [2.75, 3.05) is 34.8 Å². The molecule has 0 aliphatic carbocycles. The Kier molecular flexibility index (Phi) is 6.12. The molecule has 3 rings (SSSR count). The van der Waals surface area contributed by atoms with Gasteiger partial charge in [0.25, 0.3) is 5.91 Å². The molecule has 0 aromatic heterocycles. The van der Waals surface area contributed by atoms with E-state index in [9.17, 15) is 9.59 Å². The van der Waals surface area contributed by atoms with Crippen molar-refractivity contribution >= 4 is 28.9 Å². The van der Waals surface area contributed by atoms with E-state index in [0.29, 0.717) is 17.7 Å². The van der Waals surface area contributed by atoms with Crippen LogP contribution < -0.4 is 15.1 Å². The average Bonchev–Trinajstić information content (AvgIpc) is 3.12. The highest BCUT2D eigenvalue weighted by atomic mass is 16.2. The smallest absolute Gasteiger partial charge is 0.255 e. The van der Waals surface area contributed by atoms with Gasteiger partial charge in [-0.25, -0.2) is 0 Å². The summed E-state index contributed by atoms with van der Waals surface area (Å²) < 4.78 is 0. The van der Waals surface area contributed by atoms with Gasteiger partial charge in [-0.2, -0.15) is 0 Å². The Morgan fingerprint density at radius 1 is 1.15 bits per heavy atom. The SMILES string of the molecule is CCCN(CC)c1ccc(C(=O)Nc2cccc(N3CCCC3=O)c2)cc1. The zero-order chi connectivity index (χ0) is 19.2. The van der Waals surface area contributed by atoms with E-state index in [4.69, 9.17) is 0 Å². The van der Waals surface area contributed by atoms with Gasteiger partial charge in [-0.3, -0.25) is 9.59 Å². The maximum Gasteiger partial charge on any atom is 0.255 e. The number of hydrogen-bond acceptors (Lipinski definition) is 3. The Morgan fingerprint density at radius 2 is 1.93 bits per heavy atom. The van der Waals surface area contributed by atoms with Gasteiger partial charge in [0.2, 0.25) is 5.91 Å². The summed E-state index contributed by atoms with van der Waals surface area (Å²) in [7, 11) is 0. The number of anilines is 3. The molecule has 5 heteroatoms. The molecular weight excluding hydrogens is 338 g/mol. The number of amides is 2. The first kappa shape index (κ1) is 19.0. The second-order valence-corrected chi connectivity index (χ2v) is 6.78. The van der Waals surface area contributed by atoms with Crippen molar-refractivity contribution in [1.82, 2.24) is 0 Å². The van der Waals surface area contributed by atoms with Gasteiger partial charge in [-0.1, -0.05) is 13.0 Å². The van der Waals surface area contributed by atoms with Crippen LogP contribution in [0, 0.1) is 0 Å². The summed E-state index contributed by atoms with van der Waals surface area (Å²) in [5.74, 6) is -0.00777. The molecule has 2 aromatic carbocycles. The minimum absolute atomic E-state index is 0.140. The van der Waals surface area contributed by atoms with E-state index in [1.807, 2.05) is 48.5 Å². The van der Waals surface area contributed by atoms with Crippen LogP contribution in [0.25, 0.3) is 0 Å². The molecule has 0 radical (unpaired) electrons. The average molecular weight is 365 g/mol. The van der Waals surface area contributed by atoms with E-state index in [1.54, 1.807) is 4.90 Å². The second-order valence-electron chi connectivity index (χ2n) is 6.78. The van der Waals surface area contributed by atoms with Crippen molar-refractivity contribution in [1.29, 1.82) is 0 Å². The third-order valence-corrected chi connectivity index (χ3v) is 4.86. The van der Waals surface area contributed by atoms with Crippen LogP contribution >= 0.6 is 0 Å². The number of benzene rings is 2. The van der Waals surface area contributed by atoms with E-state index in [0.717, 1.165) is 43.9 Å². The van der Waals surface area contributed by atoms with Gasteiger partial charge < -0.3 is 15.1 Å². The second kappa shape index (κ2) is 8.71. The monoisotopic (exact) mass is 365 g/mol. The number of nitrogens with one attached hydrogen (secondary N) is 1. The largest absolute Gasteiger partial charge is 0.372 e. The van der Waals surface area contributed by atoms with Gasteiger partial charge >= 0.3 is 0 Å². The minimum atomic E-state index is -0.148. The van der Waals surface area contributed by atoms with E-state index < -0.39 is 0 Å². The van der Waals surface area contributed by atoms with Crippen molar-refractivity contribution in [3.8, 4) is 0 Å². The van der Waals surface area contributed by atoms with Crippen molar-refractivity contribution in [3.63, 3.8) is 0 Å². The molecule has 1 heterocycles. The lowest BCUT2D eigenvalue weighted by molar-refractivity contribution is -0.117. The molecule has 1 fully saturated rings. The Balaban J connectivity index is 1.69.